The van der Waals surface area contributed by atoms with Gasteiger partial charge in [0.15, 0.2) is 0 Å². The SMILES string of the molecule is CN1CCC(CNC(=O)NCCO)CC1. The van der Waals surface area contributed by atoms with Gasteiger partial charge in [0.1, 0.15) is 0 Å². The molecule has 0 aromatic heterocycles. The topological polar surface area (TPSA) is 64.6 Å². The first kappa shape index (κ1) is 12.3. The lowest BCUT2D eigenvalue weighted by molar-refractivity contribution is 0.208. The molecule has 2 amide bonds. The molecule has 1 saturated heterocycles. The Morgan fingerprint density at radius 2 is 2.07 bits per heavy atom. The van der Waals surface area contributed by atoms with E-state index in [-0.39, 0.29) is 12.6 Å². The second-order valence-electron chi connectivity index (χ2n) is 4.11. The molecule has 0 aromatic rings. The van der Waals surface area contributed by atoms with Crippen molar-refractivity contribution in [2.45, 2.75) is 12.8 Å². The normalized spacial score (nSPS) is 18.8. The maximum absolute atomic E-state index is 11.2. The smallest absolute Gasteiger partial charge is 0.314 e. The van der Waals surface area contributed by atoms with Gasteiger partial charge < -0.3 is 20.6 Å². The number of rotatable bonds is 4. The van der Waals surface area contributed by atoms with Gasteiger partial charge in [0.2, 0.25) is 0 Å². The zero-order valence-corrected chi connectivity index (χ0v) is 9.33. The number of hydrogen-bond acceptors (Lipinski definition) is 3. The minimum absolute atomic E-state index is 0.0123. The summed E-state index contributed by atoms with van der Waals surface area (Å²) in [6.45, 7) is 3.28. The third-order valence-electron chi connectivity index (χ3n) is 2.79. The predicted octanol–water partition coefficient (Wildman–Crippen LogP) is -0.380. The average molecular weight is 215 g/mol. The van der Waals surface area contributed by atoms with E-state index in [0.29, 0.717) is 12.5 Å². The van der Waals surface area contributed by atoms with Gasteiger partial charge in [-0.05, 0) is 38.9 Å². The van der Waals surface area contributed by atoms with Gasteiger partial charge in [0.05, 0.1) is 6.61 Å². The van der Waals surface area contributed by atoms with Crippen LogP contribution in [0.5, 0.6) is 0 Å². The molecule has 0 aliphatic carbocycles. The van der Waals surface area contributed by atoms with Gasteiger partial charge in [-0.15, -0.1) is 0 Å². The Kier molecular flexibility index (Phi) is 5.42. The lowest BCUT2D eigenvalue weighted by Crippen LogP contribution is -2.41. The molecule has 1 heterocycles. The van der Waals surface area contributed by atoms with Crippen molar-refractivity contribution in [3.8, 4) is 0 Å². The summed E-state index contributed by atoms with van der Waals surface area (Å²) in [6, 6.07) is -0.178. The number of nitrogens with zero attached hydrogens (tertiary/aromatic N) is 1. The Bertz CT molecular complexity index is 191. The molecule has 0 spiro atoms. The standard InChI is InChI=1S/C10H21N3O2/c1-13-5-2-9(3-6-13)8-12-10(15)11-4-7-14/h9,14H,2-8H2,1H3,(H2,11,12,15). The minimum Gasteiger partial charge on any atom is -0.395 e. The molecule has 15 heavy (non-hydrogen) atoms. The molecule has 0 bridgehead atoms. The molecule has 1 aliphatic rings. The molecule has 1 rings (SSSR count). The minimum atomic E-state index is -0.178. The number of aliphatic hydroxyl groups excluding tert-OH is 1. The van der Waals surface area contributed by atoms with Crippen LogP contribution in [-0.4, -0.2) is 55.9 Å². The Morgan fingerprint density at radius 3 is 2.67 bits per heavy atom. The van der Waals surface area contributed by atoms with Crippen molar-refractivity contribution >= 4 is 6.03 Å². The van der Waals surface area contributed by atoms with E-state index < -0.39 is 0 Å². The molecule has 1 fully saturated rings. The number of nitrogens with one attached hydrogen (secondary N) is 2. The van der Waals surface area contributed by atoms with Gasteiger partial charge in [-0.3, -0.25) is 0 Å². The average Bonchev–Trinajstić information content (AvgIpc) is 2.25. The quantitative estimate of drug-likeness (QED) is 0.599. The third-order valence-corrected chi connectivity index (χ3v) is 2.79. The summed E-state index contributed by atoms with van der Waals surface area (Å²) < 4.78 is 0. The van der Waals surface area contributed by atoms with Crippen LogP contribution in [0.3, 0.4) is 0 Å². The number of carbonyl (C=O) groups excluding carboxylic acids is 1. The molecule has 88 valence electrons. The first-order valence-electron chi connectivity index (χ1n) is 5.53. The summed E-state index contributed by atoms with van der Waals surface area (Å²) in [5.74, 6) is 0.598. The van der Waals surface area contributed by atoms with Gasteiger partial charge in [0.25, 0.3) is 0 Å². The van der Waals surface area contributed by atoms with Crippen LogP contribution >= 0.6 is 0 Å². The number of carbonyl (C=O) groups is 1. The van der Waals surface area contributed by atoms with Crippen molar-refractivity contribution in [2.75, 3.05) is 39.8 Å². The maximum Gasteiger partial charge on any atom is 0.314 e. The molecular formula is C10H21N3O2. The van der Waals surface area contributed by atoms with Crippen LogP contribution in [0, 0.1) is 5.92 Å². The molecule has 5 heteroatoms. The first-order valence-corrected chi connectivity index (χ1v) is 5.53. The van der Waals surface area contributed by atoms with Crippen LogP contribution in [0.15, 0.2) is 0 Å². The fraction of sp³-hybridized carbons (Fsp3) is 0.900. The van der Waals surface area contributed by atoms with E-state index in [2.05, 4.69) is 22.6 Å². The van der Waals surface area contributed by atoms with Crippen molar-refractivity contribution < 1.29 is 9.90 Å². The largest absolute Gasteiger partial charge is 0.395 e. The Morgan fingerprint density at radius 1 is 1.40 bits per heavy atom. The van der Waals surface area contributed by atoms with Crippen molar-refractivity contribution in [3.05, 3.63) is 0 Å². The Labute approximate surface area is 90.8 Å². The number of urea groups is 1. The number of likely N-dealkylation sites (tertiary alicyclic amines) is 1. The summed E-state index contributed by atoms with van der Waals surface area (Å²) in [7, 11) is 2.12. The number of hydrogen-bond donors (Lipinski definition) is 3. The maximum atomic E-state index is 11.2. The van der Waals surface area contributed by atoms with Crippen LogP contribution in [0.4, 0.5) is 4.79 Å². The molecule has 0 atom stereocenters. The van der Waals surface area contributed by atoms with E-state index in [1.807, 2.05) is 0 Å². The molecular weight excluding hydrogens is 194 g/mol. The van der Waals surface area contributed by atoms with E-state index >= 15 is 0 Å². The summed E-state index contributed by atoms with van der Waals surface area (Å²) in [4.78, 5) is 13.5. The molecule has 0 unspecified atom stereocenters. The van der Waals surface area contributed by atoms with Crippen LogP contribution < -0.4 is 10.6 Å². The van der Waals surface area contributed by atoms with Crippen molar-refractivity contribution in [3.63, 3.8) is 0 Å². The van der Waals surface area contributed by atoms with E-state index in [1.165, 1.54) is 0 Å². The summed E-state index contributed by atoms with van der Waals surface area (Å²) in [5.41, 5.74) is 0. The summed E-state index contributed by atoms with van der Waals surface area (Å²) in [5, 5.41) is 13.9. The van der Waals surface area contributed by atoms with Crippen LogP contribution in [0.1, 0.15) is 12.8 Å². The monoisotopic (exact) mass is 215 g/mol. The second-order valence-corrected chi connectivity index (χ2v) is 4.11. The number of piperidine rings is 1. The molecule has 5 nitrogen and oxygen atoms in total. The summed E-state index contributed by atoms with van der Waals surface area (Å²) in [6.07, 6.45) is 2.30. The summed E-state index contributed by atoms with van der Waals surface area (Å²) >= 11 is 0. The van der Waals surface area contributed by atoms with Gasteiger partial charge in [-0.2, -0.15) is 0 Å². The fourth-order valence-electron chi connectivity index (χ4n) is 1.74. The second kappa shape index (κ2) is 6.63. The van der Waals surface area contributed by atoms with Crippen molar-refractivity contribution in [1.82, 2.24) is 15.5 Å². The van der Waals surface area contributed by atoms with Crippen LogP contribution in [-0.2, 0) is 0 Å². The van der Waals surface area contributed by atoms with Gasteiger partial charge >= 0.3 is 6.03 Å². The van der Waals surface area contributed by atoms with E-state index in [0.717, 1.165) is 32.5 Å². The van der Waals surface area contributed by atoms with Gasteiger partial charge in [-0.1, -0.05) is 0 Å². The lowest BCUT2D eigenvalue weighted by Gasteiger charge is -2.28. The van der Waals surface area contributed by atoms with Crippen molar-refractivity contribution in [2.24, 2.45) is 5.92 Å². The Hall–Kier alpha value is -0.810. The third kappa shape index (κ3) is 4.99. The fourth-order valence-corrected chi connectivity index (χ4v) is 1.74. The van der Waals surface area contributed by atoms with E-state index in [9.17, 15) is 4.79 Å². The highest BCUT2D eigenvalue weighted by molar-refractivity contribution is 5.73. The molecule has 1 aliphatic heterocycles. The molecule has 0 radical (unpaired) electrons. The first-order chi connectivity index (χ1) is 7.22. The zero-order valence-electron chi connectivity index (χ0n) is 9.33. The zero-order chi connectivity index (χ0) is 11.1. The highest BCUT2D eigenvalue weighted by Crippen LogP contribution is 2.14. The molecule has 0 aromatic carbocycles. The van der Waals surface area contributed by atoms with Gasteiger partial charge in [-0.25, -0.2) is 4.79 Å². The molecule has 0 saturated carbocycles. The molecule has 3 N–H and O–H groups in total. The van der Waals surface area contributed by atoms with E-state index in [4.69, 9.17) is 5.11 Å². The number of amides is 2. The van der Waals surface area contributed by atoms with Crippen LogP contribution in [0.2, 0.25) is 0 Å². The van der Waals surface area contributed by atoms with Gasteiger partial charge in [0, 0.05) is 13.1 Å². The van der Waals surface area contributed by atoms with Crippen LogP contribution in [0.25, 0.3) is 0 Å². The lowest BCUT2D eigenvalue weighted by atomic mass is 9.97. The van der Waals surface area contributed by atoms with E-state index in [1.54, 1.807) is 0 Å². The number of aliphatic hydroxyl groups is 1. The van der Waals surface area contributed by atoms with Crippen molar-refractivity contribution in [1.29, 1.82) is 0 Å². The predicted molar refractivity (Wildman–Crippen MR) is 58.7 cm³/mol. The highest BCUT2D eigenvalue weighted by atomic mass is 16.3. The Balaban J connectivity index is 2.06. The highest BCUT2D eigenvalue weighted by Gasteiger charge is 2.16.